The number of rotatable bonds is 4. The predicted octanol–water partition coefficient (Wildman–Crippen LogP) is 3.02. The molecule has 0 amide bonds. The average Bonchev–Trinajstić information content (AvgIpc) is 2.14. The van der Waals surface area contributed by atoms with Crippen LogP contribution in [0, 0.1) is 12.7 Å². The third-order valence-electron chi connectivity index (χ3n) is 2.00. The smallest absolute Gasteiger partial charge is 0.163 e. The third kappa shape index (κ3) is 2.62. The summed E-state index contributed by atoms with van der Waals surface area (Å²) < 4.78 is 18.3. The zero-order chi connectivity index (χ0) is 10.6. The Morgan fingerprint density at radius 2 is 2.14 bits per heavy atom. The van der Waals surface area contributed by atoms with E-state index in [0.717, 1.165) is 12.8 Å². The Bertz CT molecular complexity index is 310. The van der Waals surface area contributed by atoms with Gasteiger partial charge in [0.2, 0.25) is 0 Å². The van der Waals surface area contributed by atoms with Crippen LogP contribution < -0.4 is 4.74 Å². The van der Waals surface area contributed by atoms with Crippen LogP contribution in [-0.2, 0) is 0 Å². The van der Waals surface area contributed by atoms with Crippen molar-refractivity contribution in [2.24, 2.45) is 0 Å². The Labute approximate surface area is 83.3 Å². The van der Waals surface area contributed by atoms with Crippen LogP contribution in [-0.4, -0.2) is 11.7 Å². The van der Waals surface area contributed by atoms with Crippen molar-refractivity contribution >= 4 is 0 Å². The summed E-state index contributed by atoms with van der Waals surface area (Å²) in [5, 5.41) is 9.42. The first-order valence-electron chi connectivity index (χ1n) is 4.77. The summed E-state index contributed by atoms with van der Waals surface area (Å²) in [5.41, 5.74) is 0.422. The van der Waals surface area contributed by atoms with Crippen molar-refractivity contribution < 1.29 is 14.2 Å². The molecule has 2 nitrogen and oxygen atoms in total. The first kappa shape index (κ1) is 10.8. The number of aromatic hydroxyl groups is 1. The Morgan fingerprint density at radius 1 is 1.43 bits per heavy atom. The van der Waals surface area contributed by atoms with E-state index in [-0.39, 0.29) is 17.3 Å². The highest BCUT2D eigenvalue weighted by atomic mass is 19.1. The number of phenols is 1. The van der Waals surface area contributed by atoms with Gasteiger partial charge in [-0.25, -0.2) is 4.39 Å². The monoisotopic (exact) mass is 198 g/mol. The van der Waals surface area contributed by atoms with Crippen molar-refractivity contribution in [2.75, 3.05) is 6.61 Å². The highest BCUT2D eigenvalue weighted by Crippen LogP contribution is 2.28. The number of hydrogen-bond acceptors (Lipinski definition) is 2. The maximum Gasteiger partial charge on any atom is 0.163 e. The van der Waals surface area contributed by atoms with E-state index in [1.54, 1.807) is 6.92 Å². The molecule has 0 fully saturated rings. The topological polar surface area (TPSA) is 29.5 Å². The van der Waals surface area contributed by atoms with E-state index in [1.807, 2.05) is 6.92 Å². The molecular weight excluding hydrogens is 183 g/mol. The molecule has 3 heteroatoms. The number of benzene rings is 1. The molecule has 0 aliphatic rings. The quantitative estimate of drug-likeness (QED) is 0.753. The standard InChI is InChI=1S/C11H15FO2/c1-3-4-5-14-11-7-9(12)8(2)6-10(11)13/h6-7,13H,3-5H2,1-2H3. The molecule has 0 unspecified atom stereocenters. The molecule has 0 heterocycles. The van der Waals surface area contributed by atoms with Gasteiger partial charge in [-0.3, -0.25) is 0 Å². The second-order valence-corrected chi connectivity index (χ2v) is 3.27. The summed E-state index contributed by atoms with van der Waals surface area (Å²) in [6.45, 7) is 4.15. The molecule has 78 valence electrons. The molecule has 14 heavy (non-hydrogen) atoms. The van der Waals surface area contributed by atoms with Crippen LogP contribution in [0.15, 0.2) is 12.1 Å². The molecule has 0 saturated heterocycles. The molecule has 0 spiro atoms. The second-order valence-electron chi connectivity index (χ2n) is 3.27. The van der Waals surface area contributed by atoms with Crippen LogP contribution in [0.2, 0.25) is 0 Å². The minimum Gasteiger partial charge on any atom is -0.504 e. The normalized spacial score (nSPS) is 10.2. The van der Waals surface area contributed by atoms with Gasteiger partial charge in [0.15, 0.2) is 11.5 Å². The van der Waals surface area contributed by atoms with Crippen LogP contribution in [0.3, 0.4) is 0 Å². The van der Waals surface area contributed by atoms with Gasteiger partial charge >= 0.3 is 0 Å². The minimum absolute atomic E-state index is 0.00000283. The summed E-state index contributed by atoms with van der Waals surface area (Å²) in [6.07, 6.45) is 1.91. The van der Waals surface area contributed by atoms with E-state index in [4.69, 9.17) is 4.74 Å². The first-order valence-corrected chi connectivity index (χ1v) is 4.77. The summed E-state index contributed by atoms with van der Waals surface area (Å²) in [4.78, 5) is 0. The third-order valence-corrected chi connectivity index (χ3v) is 2.00. The Kier molecular flexibility index (Phi) is 3.74. The molecule has 0 aliphatic heterocycles. The van der Waals surface area contributed by atoms with E-state index in [0.29, 0.717) is 12.2 Å². The highest BCUT2D eigenvalue weighted by Gasteiger charge is 2.06. The fourth-order valence-corrected chi connectivity index (χ4v) is 1.09. The maximum atomic E-state index is 13.1. The zero-order valence-electron chi connectivity index (χ0n) is 8.51. The van der Waals surface area contributed by atoms with Crippen molar-refractivity contribution in [3.8, 4) is 11.5 Å². The number of unbranched alkanes of at least 4 members (excludes halogenated alkanes) is 1. The van der Waals surface area contributed by atoms with Crippen LogP contribution in [0.1, 0.15) is 25.3 Å². The zero-order valence-corrected chi connectivity index (χ0v) is 8.51. The molecule has 1 N–H and O–H groups in total. The van der Waals surface area contributed by atoms with E-state index < -0.39 is 0 Å². The largest absolute Gasteiger partial charge is 0.504 e. The molecule has 1 aromatic carbocycles. The van der Waals surface area contributed by atoms with Crippen molar-refractivity contribution in [3.63, 3.8) is 0 Å². The van der Waals surface area contributed by atoms with E-state index in [9.17, 15) is 9.50 Å². The van der Waals surface area contributed by atoms with Gasteiger partial charge in [-0.1, -0.05) is 13.3 Å². The first-order chi connectivity index (χ1) is 6.65. The van der Waals surface area contributed by atoms with E-state index >= 15 is 0 Å². The van der Waals surface area contributed by atoms with E-state index in [1.165, 1.54) is 12.1 Å². The fourth-order valence-electron chi connectivity index (χ4n) is 1.09. The molecule has 0 bridgehead atoms. The molecule has 0 radical (unpaired) electrons. The van der Waals surface area contributed by atoms with Gasteiger partial charge in [0.1, 0.15) is 5.82 Å². The molecule has 1 rings (SSSR count). The molecule has 1 aromatic rings. The number of hydrogen-bond donors (Lipinski definition) is 1. The Hall–Kier alpha value is -1.25. The van der Waals surface area contributed by atoms with Crippen molar-refractivity contribution in [1.82, 2.24) is 0 Å². The number of ether oxygens (including phenoxy) is 1. The SMILES string of the molecule is CCCCOc1cc(F)c(C)cc1O. The molecule has 0 atom stereocenters. The summed E-state index contributed by atoms with van der Waals surface area (Å²) in [6, 6.07) is 2.59. The Morgan fingerprint density at radius 3 is 2.79 bits per heavy atom. The fraction of sp³-hybridized carbons (Fsp3) is 0.455. The molecular formula is C11H15FO2. The maximum absolute atomic E-state index is 13.1. The van der Waals surface area contributed by atoms with Gasteiger partial charge in [-0.2, -0.15) is 0 Å². The number of halogens is 1. The number of phenolic OH excluding ortho intramolecular Hbond substituents is 1. The predicted molar refractivity (Wildman–Crippen MR) is 53.2 cm³/mol. The lowest BCUT2D eigenvalue weighted by Gasteiger charge is -2.08. The lowest BCUT2D eigenvalue weighted by atomic mass is 10.2. The average molecular weight is 198 g/mol. The van der Waals surface area contributed by atoms with Gasteiger partial charge in [0.25, 0.3) is 0 Å². The van der Waals surface area contributed by atoms with E-state index in [2.05, 4.69) is 0 Å². The highest BCUT2D eigenvalue weighted by molar-refractivity contribution is 5.42. The lowest BCUT2D eigenvalue weighted by molar-refractivity contribution is 0.291. The molecule has 0 aromatic heterocycles. The molecule has 0 aliphatic carbocycles. The van der Waals surface area contributed by atoms with Gasteiger partial charge in [0, 0.05) is 6.07 Å². The lowest BCUT2D eigenvalue weighted by Crippen LogP contribution is -1.97. The van der Waals surface area contributed by atoms with Crippen LogP contribution in [0.4, 0.5) is 4.39 Å². The minimum atomic E-state index is -0.353. The van der Waals surface area contributed by atoms with Crippen molar-refractivity contribution in [2.45, 2.75) is 26.7 Å². The van der Waals surface area contributed by atoms with Gasteiger partial charge in [0.05, 0.1) is 6.61 Å². The van der Waals surface area contributed by atoms with Crippen molar-refractivity contribution in [1.29, 1.82) is 0 Å². The number of aryl methyl sites for hydroxylation is 1. The van der Waals surface area contributed by atoms with Gasteiger partial charge < -0.3 is 9.84 Å². The van der Waals surface area contributed by atoms with Gasteiger partial charge in [-0.15, -0.1) is 0 Å². The van der Waals surface area contributed by atoms with Crippen molar-refractivity contribution in [3.05, 3.63) is 23.5 Å². The van der Waals surface area contributed by atoms with Crippen LogP contribution in [0.5, 0.6) is 11.5 Å². The second kappa shape index (κ2) is 4.84. The Balaban J connectivity index is 2.72. The molecule has 0 saturated carbocycles. The summed E-state index contributed by atoms with van der Waals surface area (Å²) >= 11 is 0. The summed E-state index contributed by atoms with van der Waals surface area (Å²) in [5.74, 6) is -0.129. The van der Waals surface area contributed by atoms with Crippen LogP contribution >= 0.6 is 0 Å². The summed E-state index contributed by atoms with van der Waals surface area (Å²) in [7, 11) is 0. The van der Waals surface area contributed by atoms with Crippen LogP contribution in [0.25, 0.3) is 0 Å². The van der Waals surface area contributed by atoms with Gasteiger partial charge in [-0.05, 0) is 25.0 Å².